The molecule has 0 spiro atoms. The lowest BCUT2D eigenvalue weighted by atomic mass is 10.1. The molecule has 0 aromatic heterocycles. The third kappa shape index (κ3) is 1.48. The van der Waals surface area contributed by atoms with E-state index in [1.165, 1.54) is 7.11 Å². The van der Waals surface area contributed by atoms with Crippen molar-refractivity contribution >= 4 is 5.97 Å². The molecule has 12 heavy (non-hydrogen) atoms. The molecule has 4 heteroatoms. The molecule has 0 saturated carbocycles. The second-order valence-electron chi connectivity index (χ2n) is 2.73. The van der Waals surface area contributed by atoms with Crippen LogP contribution in [-0.4, -0.2) is 18.7 Å². The van der Waals surface area contributed by atoms with Gasteiger partial charge in [0.1, 0.15) is 0 Å². The summed E-state index contributed by atoms with van der Waals surface area (Å²) in [5, 5.41) is 2.72. The normalized spacial score (nSPS) is 27.4. The molecular formula is C8H12N2O2. The molecule has 1 heterocycles. The van der Waals surface area contributed by atoms with E-state index in [2.05, 4.69) is 10.1 Å². The number of rotatable bonds is 1. The second-order valence-corrected chi connectivity index (χ2v) is 2.73. The second kappa shape index (κ2) is 2.98. The summed E-state index contributed by atoms with van der Waals surface area (Å²) >= 11 is 0. The van der Waals surface area contributed by atoms with Crippen LogP contribution in [0, 0.1) is 0 Å². The van der Waals surface area contributed by atoms with Crippen molar-refractivity contribution in [2.45, 2.75) is 12.6 Å². The average molecular weight is 168 g/mol. The maximum atomic E-state index is 11.1. The molecule has 0 aromatic rings. The Labute approximate surface area is 71.1 Å². The van der Waals surface area contributed by atoms with E-state index in [0.717, 1.165) is 5.57 Å². The Morgan fingerprint density at radius 2 is 2.42 bits per heavy atom. The van der Waals surface area contributed by atoms with Gasteiger partial charge in [-0.15, -0.1) is 0 Å². The van der Waals surface area contributed by atoms with E-state index in [1.807, 2.05) is 13.0 Å². The largest absolute Gasteiger partial charge is 0.466 e. The Balaban J connectivity index is 2.87. The van der Waals surface area contributed by atoms with E-state index in [9.17, 15) is 4.79 Å². The van der Waals surface area contributed by atoms with Crippen molar-refractivity contribution in [3.8, 4) is 0 Å². The van der Waals surface area contributed by atoms with E-state index in [4.69, 9.17) is 5.73 Å². The zero-order valence-corrected chi connectivity index (χ0v) is 7.13. The van der Waals surface area contributed by atoms with E-state index in [-0.39, 0.29) is 0 Å². The fourth-order valence-corrected chi connectivity index (χ4v) is 1.05. The molecular weight excluding hydrogens is 156 g/mol. The Bertz CT molecular complexity index is 258. The van der Waals surface area contributed by atoms with Gasteiger partial charge in [0.15, 0.2) is 0 Å². The van der Waals surface area contributed by atoms with E-state index in [1.54, 1.807) is 12.3 Å². The van der Waals surface area contributed by atoms with Crippen LogP contribution in [0.1, 0.15) is 6.92 Å². The van der Waals surface area contributed by atoms with Crippen molar-refractivity contribution in [3.05, 3.63) is 23.9 Å². The summed E-state index contributed by atoms with van der Waals surface area (Å²) in [5.74, 6) is -0.494. The summed E-state index contributed by atoms with van der Waals surface area (Å²) in [7, 11) is 1.31. The highest BCUT2D eigenvalue weighted by atomic mass is 16.5. The first-order valence-electron chi connectivity index (χ1n) is 3.59. The Hall–Kier alpha value is -1.29. The zero-order chi connectivity index (χ0) is 9.19. The number of allylic oxidation sites excluding steroid dienone is 2. The van der Waals surface area contributed by atoms with Crippen LogP contribution in [0.2, 0.25) is 0 Å². The summed E-state index contributed by atoms with van der Waals surface area (Å²) in [4.78, 5) is 11.1. The predicted molar refractivity (Wildman–Crippen MR) is 45.0 cm³/mol. The van der Waals surface area contributed by atoms with Crippen LogP contribution in [0.15, 0.2) is 23.9 Å². The molecule has 0 radical (unpaired) electrons. The molecule has 0 fully saturated rings. The fourth-order valence-electron chi connectivity index (χ4n) is 1.05. The minimum Gasteiger partial charge on any atom is -0.466 e. The quantitative estimate of drug-likeness (QED) is 0.536. The van der Waals surface area contributed by atoms with Gasteiger partial charge >= 0.3 is 5.97 Å². The van der Waals surface area contributed by atoms with Gasteiger partial charge in [0, 0.05) is 0 Å². The molecule has 3 N–H and O–H groups in total. The number of esters is 1. The predicted octanol–water partition coefficient (Wildman–Crippen LogP) is -0.122. The van der Waals surface area contributed by atoms with Crippen molar-refractivity contribution in [2.75, 3.05) is 7.11 Å². The number of nitrogens with two attached hydrogens (primary N) is 1. The number of carbonyl (C=O) groups is 1. The zero-order valence-electron chi connectivity index (χ0n) is 7.13. The van der Waals surface area contributed by atoms with Gasteiger partial charge in [0.2, 0.25) is 5.66 Å². The van der Waals surface area contributed by atoms with Gasteiger partial charge in [-0.2, -0.15) is 0 Å². The van der Waals surface area contributed by atoms with Gasteiger partial charge < -0.3 is 10.1 Å². The molecule has 1 aliphatic heterocycles. The number of dihydropyridines is 1. The molecule has 0 aliphatic carbocycles. The molecule has 1 atom stereocenters. The van der Waals surface area contributed by atoms with Crippen molar-refractivity contribution in [1.29, 1.82) is 0 Å². The highest BCUT2D eigenvalue weighted by Gasteiger charge is 2.32. The molecule has 1 aliphatic rings. The lowest BCUT2D eigenvalue weighted by molar-refractivity contribution is -0.145. The molecule has 4 nitrogen and oxygen atoms in total. The number of nitrogens with one attached hydrogen (secondary N) is 1. The number of ether oxygens (including phenoxy) is 1. The first-order chi connectivity index (χ1) is 5.58. The topological polar surface area (TPSA) is 64.3 Å². The molecule has 66 valence electrons. The van der Waals surface area contributed by atoms with Gasteiger partial charge in [-0.3, -0.25) is 5.73 Å². The maximum absolute atomic E-state index is 11.1. The van der Waals surface area contributed by atoms with E-state index < -0.39 is 11.6 Å². The monoisotopic (exact) mass is 168 g/mol. The first-order valence-corrected chi connectivity index (χ1v) is 3.59. The van der Waals surface area contributed by atoms with Gasteiger partial charge in [0.05, 0.1) is 7.11 Å². The van der Waals surface area contributed by atoms with Gasteiger partial charge in [-0.05, 0) is 30.8 Å². The molecule has 0 amide bonds. The summed E-state index contributed by atoms with van der Waals surface area (Å²) in [6, 6.07) is 0. The SMILES string of the molecule is COC(=O)C1(N)C=C(C)C=CN1. The third-order valence-electron chi connectivity index (χ3n) is 1.65. The number of hydrogen-bond donors (Lipinski definition) is 2. The summed E-state index contributed by atoms with van der Waals surface area (Å²) in [5.41, 5.74) is 5.42. The lowest BCUT2D eigenvalue weighted by Gasteiger charge is -2.26. The average Bonchev–Trinajstić information content (AvgIpc) is 2.02. The Morgan fingerprint density at radius 3 is 2.92 bits per heavy atom. The molecule has 0 aromatic carbocycles. The van der Waals surface area contributed by atoms with Crippen molar-refractivity contribution in [2.24, 2.45) is 5.73 Å². The van der Waals surface area contributed by atoms with E-state index in [0.29, 0.717) is 0 Å². The highest BCUT2D eigenvalue weighted by Crippen LogP contribution is 2.10. The smallest absolute Gasteiger partial charge is 0.350 e. The highest BCUT2D eigenvalue weighted by molar-refractivity contribution is 5.83. The number of carbonyl (C=O) groups excluding carboxylic acids is 1. The Kier molecular flexibility index (Phi) is 2.19. The summed E-state index contributed by atoms with van der Waals surface area (Å²) < 4.78 is 4.54. The van der Waals surface area contributed by atoms with Crippen LogP contribution >= 0.6 is 0 Å². The number of methoxy groups -OCH3 is 1. The molecule has 0 saturated heterocycles. The van der Waals surface area contributed by atoms with Crippen LogP contribution < -0.4 is 11.1 Å². The van der Waals surface area contributed by atoms with E-state index >= 15 is 0 Å². The summed E-state index contributed by atoms with van der Waals surface area (Å²) in [6.45, 7) is 1.86. The van der Waals surface area contributed by atoms with Gasteiger partial charge in [0.25, 0.3) is 0 Å². The van der Waals surface area contributed by atoms with Crippen LogP contribution in [0.25, 0.3) is 0 Å². The van der Waals surface area contributed by atoms with Crippen molar-refractivity contribution < 1.29 is 9.53 Å². The van der Waals surface area contributed by atoms with Crippen LogP contribution in [-0.2, 0) is 9.53 Å². The minimum absolute atomic E-state index is 0.494. The fraction of sp³-hybridized carbons (Fsp3) is 0.375. The van der Waals surface area contributed by atoms with Crippen molar-refractivity contribution in [3.63, 3.8) is 0 Å². The lowest BCUT2D eigenvalue weighted by Crippen LogP contribution is -2.57. The van der Waals surface area contributed by atoms with Gasteiger partial charge in [-0.25, -0.2) is 4.79 Å². The van der Waals surface area contributed by atoms with Crippen LogP contribution in [0.5, 0.6) is 0 Å². The van der Waals surface area contributed by atoms with Crippen LogP contribution in [0.4, 0.5) is 0 Å². The van der Waals surface area contributed by atoms with Crippen molar-refractivity contribution in [1.82, 2.24) is 5.32 Å². The first kappa shape index (κ1) is 8.80. The Morgan fingerprint density at radius 1 is 1.75 bits per heavy atom. The summed E-state index contributed by atoms with van der Waals surface area (Å²) in [6.07, 6.45) is 5.08. The molecule has 0 bridgehead atoms. The molecule has 1 rings (SSSR count). The standard InChI is InChI=1S/C8H12N2O2/c1-6-3-4-10-8(9,5-6)7(11)12-2/h3-5,10H,9H2,1-2H3. The number of hydrogen-bond acceptors (Lipinski definition) is 4. The third-order valence-corrected chi connectivity index (χ3v) is 1.65. The van der Waals surface area contributed by atoms with Crippen LogP contribution in [0.3, 0.4) is 0 Å². The minimum atomic E-state index is -1.20. The van der Waals surface area contributed by atoms with Gasteiger partial charge in [-0.1, -0.05) is 0 Å². The maximum Gasteiger partial charge on any atom is 0.350 e. The molecule has 1 unspecified atom stereocenters.